The zero-order valence-electron chi connectivity index (χ0n) is 28.5. The van der Waals surface area contributed by atoms with Crippen LogP contribution < -0.4 is 25.4 Å². The number of esters is 1. The fourth-order valence-electron chi connectivity index (χ4n) is 5.89. The van der Waals surface area contributed by atoms with Crippen LogP contribution in [-0.4, -0.2) is 78.1 Å². The first-order valence-electron chi connectivity index (χ1n) is 15.4. The van der Waals surface area contributed by atoms with E-state index in [-0.39, 0.29) is 41.4 Å². The molecule has 6 aromatic rings. The highest BCUT2D eigenvalue weighted by molar-refractivity contribution is 6.35. The molecule has 0 aliphatic rings. The average Bonchev–Trinajstić information content (AvgIpc) is 3.07. The lowest BCUT2D eigenvalue weighted by molar-refractivity contribution is -0.143. The topological polar surface area (TPSA) is 149 Å². The van der Waals surface area contributed by atoms with Crippen molar-refractivity contribution in [1.82, 2.24) is 19.1 Å². The van der Waals surface area contributed by atoms with Crippen LogP contribution in [0.3, 0.4) is 0 Å². The number of pyridine rings is 4. The third-order valence-electron chi connectivity index (χ3n) is 7.91. The number of benzene rings is 2. The second-order valence-electron chi connectivity index (χ2n) is 11.6. The number of carbonyl (C=O) groups excluding carboxylic acids is 1. The van der Waals surface area contributed by atoms with Crippen molar-refractivity contribution >= 4 is 102 Å². The number of nitrogens with zero attached hydrogens (tertiary/aromatic N) is 6. The molecule has 0 saturated carbocycles. The Hall–Kier alpha value is -5.11. The maximum absolute atomic E-state index is 13.0. The minimum Gasteiger partial charge on any atom is -0.481 e. The van der Waals surface area contributed by atoms with Gasteiger partial charge in [0.1, 0.15) is 29.5 Å². The fourth-order valence-corrected chi connectivity index (χ4v) is 6.68. The molecule has 0 unspecified atom stereocenters. The van der Waals surface area contributed by atoms with Crippen LogP contribution in [0.4, 0.5) is 11.4 Å². The predicted molar refractivity (Wildman–Crippen MR) is 202 cm³/mol. The van der Waals surface area contributed by atoms with E-state index < -0.39 is 11.9 Å². The van der Waals surface area contributed by atoms with Gasteiger partial charge in [0, 0.05) is 45.0 Å². The van der Waals surface area contributed by atoms with E-state index >= 15 is 0 Å². The molecule has 0 fully saturated rings. The Kier molecular flexibility index (Phi) is 10.9. The third-order valence-corrected chi connectivity index (χ3v) is 8.73. The van der Waals surface area contributed by atoms with Gasteiger partial charge in [-0.25, -0.2) is 4.98 Å². The normalized spacial score (nSPS) is 11.1. The second-order valence-corrected chi connectivity index (χ2v) is 12.8. The number of carboxylic acid groups (broad SMARTS) is 1. The first-order chi connectivity index (χ1) is 24.2. The lowest BCUT2D eigenvalue weighted by Crippen LogP contribution is -2.21. The molecule has 0 aliphatic heterocycles. The summed E-state index contributed by atoms with van der Waals surface area (Å²) < 4.78 is 13.3. The van der Waals surface area contributed by atoms with E-state index in [1.165, 1.54) is 11.7 Å². The molecule has 2 aromatic carbocycles. The maximum atomic E-state index is 13.0. The van der Waals surface area contributed by atoms with Crippen molar-refractivity contribution in [3.63, 3.8) is 0 Å². The summed E-state index contributed by atoms with van der Waals surface area (Å²) in [6.07, 6.45) is 0. The molecule has 13 nitrogen and oxygen atoms in total. The molecule has 16 heteroatoms. The van der Waals surface area contributed by atoms with Gasteiger partial charge in [0.2, 0.25) is 5.88 Å². The summed E-state index contributed by atoms with van der Waals surface area (Å²) in [5.74, 6) is -1.20. The molecular weight excluding hydrogens is 723 g/mol. The van der Waals surface area contributed by atoms with Crippen molar-refractivity contribution in [3.05, 3.63) is 84.2 Å². The van der Waals surface area contributed by atoms with Gasteiger partial charge in [0.25, 0.3) is 0 Å². The van der Waals surface area contributed by atoms with Crippen LogP contribution in [0.15, 0.2) is 58.1 Å². The number of aromatic nitrogens is 4. The molecule has 0 bridgehead atoms. The largest absolute Gasteiger partial charge is 0.481 e. The summed E-state index contributed by atoms with van der Waals surface area (Å²) in [6.45, 7) is 1.51. The average molecular weight is 756 g/mol. The van der Waals surface area contributed by atoms with E-state index in [2.05, 4.69) is 9.97 Å². The number of aliphatic carboxylic acids is 1. The molecule has 4 heterocycles. The molecule has 266 valence electrons. The molecule has 0 spiro atoms. The quantitative estimate of drug-likeness (QED) is 0.113. The van der Waals surface area contributed by atoms with Gasteiger partial charge < -0.3 is 33.5 Å². The third kappa shape index (κ3) is 7.09. The number of carbonyl (C=O) groups is 2. The molecule has 0 amide bonds. The maximum Gasteiger partial charge on any atom is 0.326 e. The Bertz CT molecular complexity index is 2480. The van der Waals surface area contributed by atoms with Crippen molar-refractivity contribution in [2.45, 2.75) is 20.0 Å². The number of hydrogen-bond acceptors (Lipinski definition) is 10. The standard InChI is InChI=1S/C18H17Cl2N3O3.C17H16ClN3O4/c1-4-26-14(24)9-23-15-10(5-7-12(19)16(15)22(2)3)17(25)11-6-8-13(20)21-18(11)23;1-20(2)15-11(18)6-4-9-14(15)21(8-13(22)23)17-10(16(9)24)5-7-12(19-17)25-3/h5-8H,4,9H2,1-3H3;4-7H,8H2,1-3H3,(H,22,23). The van der Waals surface area contributed by atoms with Crippen LogP contribution in [0, 0.1) is 0 Å². The van der Waals surface area contributed by atoms with Crippen LogP contribution in [-0.2, 0) is 27.4 Å². The van der Waals surface area contributed by atoms with Crippen LogP contribution in [0.1, 0.15) is 6.92 Å². The van der Waals surface area contributed by atoms with Crippen LogP contribution in [0.2, 0.25) is 15.2 Å². The number of halogens is 3. The minimum absolute atomic E-state index is 0.115. The second kappa shape index (κ2) is 15.0. The van der Waals surface area contributed by atoms with Crippen molar-refractivity contribution < 1.29 is 24.2 Å². The molecule has 1 N–H and O–H groups in total. The van der Waals surface area contributed by atoms with E-state index in [9.17, 15) is 24.3 Å². The molecule has 4 aromatic heterocycles. The summed E-state index contributed by atoms with van der Waals surface area (Å²) in [5, 5.41) is 12.0. The summed E-state index contributed by atoms with van der Waals surface area (Å²) in [4.78, 5) is 61.7. The summed E-state index contributed by atoms with van der Waals surface area (Å²) in [6, 6.07) is 12.9. The highest BCUT2D eigenvalue weighted by Crippen LogP contribution is 2.35. The monoisotopic (exact) mass is 754 g/mol. The highest BCUT2D eigenvalue weighted by Gasteiger charge is 2.22. The molecule has 0 atom stereocenters. The van der Waals surface area contributed by atoms with E-state index in [0.29, 0.717) is 65.5 Å². The number of carboxylic acids is 1. The number of methoxy groups -OCH3 is 1. The van der Waals surface area contributed by atoms with Crippen molar-refractivity contribution in [2.75, 3.05) is 51.7 Å². The van der Waals surface area contributed by atoms with Gasteiger partial charge in [-0.1, -0.05) is 34.8 Å². The van der Waals surface area contributed by atoms with E-state index in [1.54, 1.807) is 83.9 Å². The van der Waals surface area contributed by atoms with Crippen LogP contribution in [0.5, 0.6) is 5.88 Å². The number of hydrogen-bond donors (Lipinski definition) is 1. The van der Waals surface area contributed by atoms with Crippen molar-refractivity contribution in [1.29, 1.82) is 0 Å². The van der Waals surface area contributed by atoms with Gasteiger partial charge in [0.15, 0.2) is 10.9 Å². The lowest BCUT2D eigenvalue weighted by atomic mass is 10.1. The summed E-state index contributed by atoms with van der Waals surface area (Å²) >= 11 is 18.7. The Morgan fingerprint density at radius 1 is 0.725 bits per heavy atom. The smallest absolute Gasteiger partial charge is 0.326 e. The van der Waals surface area contributed by atoms with Crippen molar-refractivity contribution in [3.8, 4) is 5.88 Å². The Balaban J connectivity index is 0.000000198. The first-order valence-corrected chi connectivity index (χ1v) is 16.6. The SMILES string of the molecule is CCOC(=O)Cn1c2nc(Cl)ccc2c(=O)c2ccc(Cl)c(N(C)C)c21.COc1ccc2c(=O)c3ccc(Cl)c(N(C)C)c3n(CC(=O)O)c2n1. The minimum atomic E-state index is -1.06. The Morgan fingerprint density at radius 3 is 1.67 bits per heavy atom. The van der Waals surface area contributed by atoms with Gasteiger partial charge in [-0.05, 0) is 49.4 Å². The number of anilines is 2. The molecule has 6 rings (SSSR count). The summed E-state index contributed by atoms with van der Waals surface area (Å²) in [7, 11) is 8.64. The zero-order chi connectivity index (χ0) is 37.3. The molecule has 0 saturated heterocycles. The zero-order valence-corrected chi connectivity index (χ0v) is 30.7. The van der Waals surface area contributed by atoms with Gasteiger partial charge in [0.05, 0.1) is 56.9 Å². The molecule has 0 aliphatic carbocycles. The lowest BCUT2D eigenvalue weighted by Gasteiger charge is -2.21. The van der Waals surface area contributed by atoms with Gasteiger partial charge in [-0.3, -0.25) is 19.2 Å². The summed E-state index contributed by atoms with van der Waals surface area (Å²) in [5.41, 5.74) is 2.25. The van der Waals surface area contributed by atoms with Gasteiger partial charge in [-0.15, -0.1) is 0 Å². The Morgan fingerprint density at radius 2 is 1.20 bits per heavy atom. The predicted octanol–water partition coefficient (Wildman–Crippen LogP) is 5.85. The highest BCUT2D eigenvalue weighted by atomic mass is 35.5. The molecule has 51 heavy (non-hydrogen) atoms. The van der Waals surface area contributed by atoms with E-state index in [4.69, 9.17) is 44.3 Å². The van der Waals surface area contributed by atoms with Gasteiger partial charge in [-0.2, -0.15) is 4.98 Å². The van der Waals surface area contributed by atoms with Gasteiger partial charge >= 0.3 is 11.9 Å². The Labute approximate surface area is 306 Å². The first kappa shape index (κ1) is 37.2. The fraction of sp³-hybridized carbons (Fsp3) is 0.257. The van der Waals surface area contributed by atoms with E-state index in [1.807, 2.05) is 14.1 Å². The van der Waals surface area contributed by atoms with E-state index in [0.717, 1.165) is 0 Å². The number of fused-ring (bicyclic) bond motifs is 4. The number of rotatable bonds is 8. The van der Waals surface area contributed by atoms with Crippen LogP contribution >= 0.6 is 34.8 Å². The molecule has 0 radical (unpaired) electrons. The van der Waals surface area contributed by atoms with Crippen LogP contribution in [0.25, 0.3) is 43.9 Å². The molecular formula is C35H33Cl3N6O7. The van der Waals surface area contributed by atoms with Crippen molar-refractivity contribution in [2.24, 2.45) is 0 Å². The number of ether oxygens (including phenoxy) is 2.